The Morgan fingerprint density at radius 2 is 2.09 bits per heavy atom. The van der Waals surface area contributed by atoms with Crippen LogP contribution in [0.3, 0.4) is 0 Å². The van der Waals surface area contributed by atoms with E-state index in [1.807, 2.05) is 39.0 Å². The van der Waals surface area contributed by atoms with Crippen molar-refractivity contribution in [1.29, 1.82) is 0 Å². The Bertz CT molecular complexity index is 645. The van der Waals surface area contributed by atoms with Gasteiger partial charge in [0.25, 0.3) is 5.03 Å². The predicted molar refractivity (Wildman–Crippen MR) is 81.6 cm³/mol. The third kappa shape index (κ3) is 3.41. The summed E-state index contributed by atoms with van der Waals surface area (Å²) in [6.45, 7) is 5.80. The number of amides is 1. The Labute approximate surface area is 133 Å². The summed E-state index contributed by atoms with van der Waals surface area (Å²) >= 11 is 1.17. The Kier molecular flexibility index (Phi) is 5.07. The molecule has 1 aromatic heterocycles. The zero-order chi connectivity index (χ0) is 16.3. The first-order chi connectivity index (χ1) is 10.4. The Balaban J connectivity index is 2.16. The molecule has 0 saturated heterocycles. The van der Waals surface area contributed by atoms with Gasteiger partial charge in [-0.25, -0.2) is 0 Å². The Morgan fingerprint density at radius 3 is 2.59 bits per heavy atom. The third-order valence-electron chi connectivity index (χ3n) is 3.36. The normalized spacial score (nSPS) is 12.2. The van der Waals surface area contributed by atoms with Crippen LogP contribution in [-0.4, -0.2) is 16.4 Å². The van der Waals surface area contributed by atoms with Gasteiger partial charge in [-0.1, -0.05) is 29.8 Å². The van der Waals surface area contributed by atoms with Crippen molar-refractivity contribution in [3.63, 3.8) is 0 Å². The number of aryl methyl sites for hydroxylation is 3. The van der Waals surface area contributed by atoms with Gasteiger partial charge in [0.15, 0.2) is 13.0 Å². The number of hydrogen-bond acceptors (Lipinski definition) is 5. The number of aromatic nitrogens is 2. The van der Waals surface area contributed by atoms with Gasteiger partial charge in [-0.05, 0) is 43.2 Å². The van der Waals surface area contributed by atoms with Crippen molar-refractivity contribution in [2.45, 2.75) is 37.5 Å². The maximum Gasteiger partial charge on any atom is 0.291 e. The smallest absolute Gasteiger partial charge is 0.291 e. The molecule has 22 heavy (non-hydrogen) atoms. The first-order valence-corrected chi connectivity index (χ1v) is 7.88. The maximum atomic E-state index is 12.5. The minimum absolute atomic E-state index is 0.134. The van der Waals surface area contributed by atoms with E-state index in [-0.39, 0.29) is 5.91 Å². The largest absolute Gasteiger partial charge is 0.538 e. The second-order valence-corrected chi connectivity index (χ2v) is 6.25. The van der Waals surface area contributed by atoms with Gasteiger partial charge in [0.1, 0.15) is 0 Å². The molecule has 2 rings (SSSR count). The van der Waals surface area contributed by atoms with E-state index in [1.54, 1.807) is 7.05 Å². The SMILES string of the molecule is CCC(Sc1c([O-])on[n+]1C)C(=O)Nc1c(C)cccc1C. The van der Waals surface area contributed by atoms with Crippen molar-refractivity contribution in [3.05, 3.63) is 29.3 Å². The summed E-state index contributed by atoms with van der Waals surface area (Å²) in [4.78, 5) is 12.5. The zero-order valence-corrected chi connectivity index (χ0v) is 13.9. The molecule has 7 heteroatoms. The number of nitrogens with one attached hydrogen (secondary N) is 1. The molecule has 0 aliphatic carbocycles. The van der Waals surface area contributed by atoms with Gasteiger partial charge in [-0.2, -0.15) is 0 Å². The molecular formula is C15H19N3O3S. The molecule has 6 nitrogen and oxygen atoms in total. The van der Waals surface area contributed by atoms with Gasteiger partial charge in [-0.15, -0.1) is 0 Å². The van der Waals surface area contributed by atoms with Crippen molar-refractivity contribution in [3.8, 4) is 5.95 Å². The van der Waals surface area contributed by atoms with Crippen LogP contribution in [0.1, 0.15) is 24.5 Å². The summed E-state index contributed by atoms with van der Waals surface area (Å²) in [5, 5.41) is 18.0. The highest BCUT2D eigenvalue weighted by Crippen LogP contribution is 2.29. The topological polar surface area (TPSA) is 82.1 Å². The highest BCUT2D eigenvalue weighted by Gasteiger charge is 2.25. The van der Waals surface area contributed by atoms with E-state index in [2.05, 4.69) is 15.1 Å². The van der Waals surface area contributed by atoms with E-state index in [4.69, 9.17) is 0 Å². The molecule has 0 aliphatic rings. The van der Waals surface area contributed by atoms with E-state index in [0.29, 0.717) is 11.4 Å². The van der Waals surface area contributed by atoms with Crippen molar-refractivity contribution < 1.29 is 19.1 Å². The van der Waals surface area contributed by atoms with Crippen LogP contribution in [0, 0.1) is 13.8 Å². The van der Waals surface area contributed by atoms with E-state index in [9.17, 15) is 9.90 Å². The van der Waals surface area contributed by atoms with Gasteiger partial charge >= 0.3 is 0 Å². The van der Waals surface area contributed by atoms with Gasteiger partial charge in [0, 0.05) is 5.69 Å². The second kappa shape index (κ2) is 6.83. The lowest BCUT2D eigenvalue weighted by molar-refractivity contribution is -0.772. The number of thioether (sulfide) groups is 1. The third-order valence-corrected chi connectivity index (χ3v) is 4.85. The van der Waals surface area contributed by atoms with Gasteiger partial charge in [0.05, 0.1) is 10.5 Å². The summed E-state index contributed by atoms with van der Waals surface area (Å²) in [7, 11) is 1.61. The number of carbonyl (C=O) groups is 1. The van der Waals surface area contributed by atoms with Crippen LogP contribution in [0.25, 0.3) is 0 Å². The van der Waals surface area contributed by atoms with Crippen LogP contribution >= 0.6 is 11.8 Å². The monoisotopic (exact) mass is 321 g/mol. The molecule has 0 spiro atoms. The Morgan fingerprint density at radius 1 is 1.45 bits per heavy atom. The highest BCUT2D eigenvalue weighted by atomic mass is 32.2. The summed E-state index contributed by atoms with van der Waals surface area (Å²) in [5.41, 5.74) is 2.84. The quantitative estimate of drug-likeness (QED) is 0.669. The molecule has 2 aromatic rings. The molecular weight excluding hydrogens is 302 g/mol. The fourth-order valence-electron chi connectivity index (χ4n) is 2.10. The predicted octanol–water partition coefficient (Wildman–Crippen LogP) is 1.70. The number of rotatable bonds is 5. The molecule has 1 atom stereocenters. The molecule has 0 bridgehead atoms. The lowest BCUT2D eigenvalue weighted by atomic mass is 10.1. The summed E-state index contributed by atoms with van der Waals surface area (Å²) in [6, 6.07) is 5.85. The summed E-state index contributed by atoms with van der Waals surface area (Å²) < 4.78 is 5.93. The molecule has 1 unspecified atom stereocenters. The van der Waals surface area contributed by atoms with Gasteiger partial charge < -0.3 is 14.9 Å². The van der Waals surface area contributed by atoms with Crippen LogP contribution in [0.2, 0.25) is 0 Å². The molecule has 1 amide bonds. The van der Waals surface area contributed by atoms with Crippen LogP contribution in [0.15, 0.2) is 27.7 Å². The fraction of sp³-hybridized carbons (Fsp3) is 0.400. The van der Waals surface area contributed by atoms with Crippen LogP contribution in [0.4, 0.5) is 5.69 Å². The number of hydrogen-bond donors (Lipinski definition) is 1. The Hall–Kier alpha value is -2.02. The van der Waals surface area contributed by atoms with Crippen molar-refractivity contribution in [2.24, 2.45) is 7.05 Å². The van der Waals surface area contributed by atoms with E-state index in [1.165, 1.54) is 16.4 Å². The second-order valence-electron chi connectivity index (χ2n) is 5.06. The van der Waals surface area contributed by atoms with Gasteiger partial charge in [0.2, 0.25) is 5.91 Å². The van der Waals surface area contributed by atoms with Crippen LogP contribution in [0.5, 0.6) is 5.95 Å². The standard InChI is InChI=1S/C15H19N3O3S/c1-5-11(22-14-15(20)21-17-18(14)4)13(19)16-12-9(2)7-6-8-10(12)3/h6-8,11H,5H2,1-4H3,(H-,16,17,19,20). The maximum absolute atomic E-state index is 12.5. The number of anilines is 1. The van der Waals surface area contributed by atoms with E-state index >= 15 is 0 Å². The summed E-state index contributed by atoms with van der Waals surface area (Å²) in [6.07, 6.45) is 0.589. The van der Waals surface area contributed by atoms with Gasteiger partial charge in [-0.3, -0.25) is 4.79 Å². The van der Waals surface area contributed by atoms with E-state index in [0.717, 1.165) is 16.8 Å². The average molecular weight is 321 g/mol. The van der Waals surface area contributed by atoms with Crippen LogP contribution < -0.4 is 15.1 Å². The van der Waals surface area contributed by atoms with Crippen LogP contribution in [-0.2, 0) is 11.8 Å². The molecule has 0 saturated carbocycles. The number of carbonyl (C=O) groups excluding carboxylic acids is 1. The average Bonchev–Trinajstić information content (AvgIpc) is 2.79. The number of nitrogens with zero attached hydrogens (tertiary/aromatic N) is 2. The molecule has 0 radical (unpaired) electrons. The number of para-hydroxylation sites is 1. The lowest BCUT2D eigenvalue weighted by Gasteiger charge is -2.16. The summed E-state index contributed by atoms with van der Waals surface area (Å²) in [5.74, 6) is -0.656. The fourth-order valence-corrected chi connectivity index (χ4v) is 3.02. The number of benzene rings is 1. The van der Waals surface area contributed by atoms with Crippen molar-refractivity contribution in [1.82, 2.24) is 5.27 Å². The van der Waals surface area contributed by atoms with E-state index < -0.39 is 11.2 Å². The lowest BCUT2D eigenvalue weighted by Crippen LogP contribution is -2.34. The minimum Gasteiger partial charge on any atom is -0.538 e. The van der Waals surface area contributed by atoms with Crippen molar-refractivity contribution >= 4 is 23.4 Å². The molecule has 0 fully saturated rings. The minimum atomic E-state index is -0.522. The zero-order valence-electron chi connectivity index (χ0n) is 13.0. The highest BCUT2D eigenvalue weighted by molar-refractivity contribution is 8.00. The molecule has 1 heterocycles. The molecule has 1 aromatic carbocycles. The molecule has 118 valence electrons. The van der Waals surface area contributed by atoms with Crippen molar-refractivity contribution in [2.75, 3.05) is 5.32 Å². The molecule has 1 N–H and O–H groups in total. The first-order valence-electron chi connectivity index (χ1n) is 7.00. The molecule has 0 aliphatic heterocycles. The first kappa shape index (κ1) is 16.4.